The normalized spacial score (nSPS) is 18.6. The average molecular weight is 286 g/mol. The second kappa shape index (κ2) is 6.53. The third-order valence-corrected chi connectivity index (χ3v) is 5.35. The van der Waals surface area contributed by atoms with E-state index >= 15 is 0 Å². The van der Waals surface area contributed by atoms with Crippen LogP contribution in [0.3, 0.4) is 0 Å². The fourth-order valence-electron chi connectivity index (χ4n) is 2.82. The lowest BCUT2D eigenvalue weighted by Gasteiger charge is -2.18. The lowest BCUT2D eigenvalue weighted by Crippen LogP contribution is -2.02. The molecule has 0 saturated carbocycles. The number of fused-ring (bicyclic) bond motifs is 1. The third kappa shape index (κ3) is 2.80. The minimum Gasteiger partial charge on any atom is -0.493 e. The first-order chi connectivity index (χ1) is 9.90. The Balaban J connectivity index is 2.00. The van der Waals surface area contributed by atoms with Crippen LogP contribution in [0.4, 0.5) is 0 Å². The van der Waals surface area contributed by atoms with Crippen LogP contribution in [0.25, 0.3) is 10.8 Å². The minimum absolute atomic E-state index is 0.622. The standard InChI is InChI=1S/C18H22OS/c1-2-3-12-19-18-15-8-5-4-7-14(15)10-11-16(18)17-9-6-13-20-17/h4-5,7-8,10-11,17H,2-3,6,9,12-13H2,1H3. The Morgan fingerprint density at radius 2 is 2.10 bits per heavy atom. The van der Waals surface area contributed by atoms with Gasteiger partial charge in [0.05, 0.1) is 6.61 Å². The minimum atomic E-state index is 0.622. The molecule has 1 saturated heterocycles. The number of hydrogen-bond acceptors (Lipinski definition) is 2. The summed E-state index contributed by atoms with van der Waals surface area (Å²) in [4.78, 5) is 0. The van der Waals surface area contributed by atoms with Crippen molar-refractivity contribution in [3.63, 3.8) is 0 Å². The van der Waals surface area contributed by atoms with Gasteiger partial charge in [0.2, 0.25) is 0 Å². The molecule has 0 radical (unpaired) electrons. The summed E-state index contributed by atoms with van der Waals surface area (Å²) in [5.41, 5.74) is 1.40. The van der Waals surface area contributed by atoms with E-state index < -0.39 is 0 Å². The largest absolute Gasteiger partial charge is 0.493 e. The second-order valence-electron chi connectivity index (χ2n) is 5.41. The summed E-state index contributed by atoms with van der Waals surface area (Å²) in [5.74, 6) is 2.42. The van der Waals surface area contributed by atoms with Crippen molar-refractivity contribution in [3.05, 3.63) is 42.0 Å². The topological polar surface area (TPSA) is 9.23 Å². The monoisotopic (exact) mass is 286 g/mol. The molecule has 0 amide bonds. The highest BCUT2D eigenvalue weighted by molar-refractivity contribution is 7.99. The van der Waals surface area contributed by atoms with E-state index in [2.05, 4.69) is 55.1 Å². The molecule has 1 heterocycles. The maximum Gasteiger partial charge on any atom is 0.131 e. The van der Waals surface area contributed by atoms with Gasteiger partial charge in [0.15, 0.2) is 0 Å². The highest BCUT2D eigenvalue weighted by Crippen LogP contribution is 2.45. The van der Waals surface area contributed by atoms with E-state index in [1.165, 1.54) is 41.4 Å². The molecule has 1 atom stereocenters. The summed E-state index contributed by atoms with van der Waals surface area (Å²) in [6.45, 7) is 3.04. The van der Waals surface area contributed by atoms with Gasteiger partial charge in [0, 0.05) is 16.2 Å². The molecule has 1 fully saturated rings. The van der Waals surface area contributed by atoms with Crippen molar-refractivity contribution in [1.29, 1.82) is 0 Å². The molecule has 106 valence electrons. The number of benzene rings is 2. The van der Waals surface area contributed by atoms with Crippen molar-refractivity contribution in [1.82, 2.24) is 0 Å². The van der Waals surface area contributed by atoms with E-state index in [9.17, 15) is 0 Å². The Morgan fingerprint density at radius 3 is 2.90 bits per heavy atom. The van der Waals surface area contributed by atoms with Gasteiger partial charge in [-0.1, -0.05) is 49.7 Å². The van der Waals surface area contributed by atoms with E-state index in [4.69, 9.17) is 4.74 Å². The van der Waals surface area contributed by atoms with Crippen LogP contribution in [0.1, 0.15) is 43.4 Å². The van der Waals surface area contributed by atoms with Crippen molar-refractivity contribution < 1.29 is 4.74 Å². The Labute approximate surface area is 125 Å². The van der Waals surface area contributed by atoms with E-state index in [1.807, 2.05) is 0 Å². The molecule has 0 aliphatic carbocycles. The fourth-order valence-corrected chi connectivity index (χ4v) is 4.13. The van der Waals surface area contributed by atoms with Crippen molar-refractivity contribution in [2.24, 2.45) is 0 Å². The molecule has 0 spiro atoms. The molecule has 3 rings (SSSR count). The molecule has 2 heteroatoms. The molecule has 0 bridgehead atoms. The quantitative estimate of drug-likeness (QED) is 0.663. The van der Waals surface area contributed by atoms with Crippen LogP contribution in [0.5, 0.6) is 5.75 Å². The van der Waals surface area contributed by atoms with Gasteiger partial charge in [-0.25, -0.2) is 0 Å². The van der Waals surface area contributed by atoms with Gasteiger partial charge in [0.25, 0.3) is 0 Å². The summed E-state index contributed by atoms with van der Waals surface area (Å²) in [6.07, 6.45) is 4.92. The number of rotatable bonds is 5. The first-order valence-electron chi connectivity index (χ1n) is 7.66. The van der Waals surface area contributed by atoms with E-state index in [0.29, 0.717) is 5.25 Å². The van der Waals surface area contributed by atoms with Gasteiger partial charge in [-0.3, -0.25) is 0 Å². The Bertz CT molecular complexity index is 573. The van der Waals surface area contributed by atoms with Gasteiger partial charge in [0.1, 0.15) is 5.75 Å². The number of ether oxygens (including phenoxy) is 1. The summed E-state index contributed by atoms with van der Waals surface area (Å²) >= 11 is 2.08. The molecule has 1 unspecified atom stereocenters. The van der Waals surface area contributed by atoms with Crippen molar-refractivity contribution in [2.75, 3.05) is 12.4 Å². The zero-order valence-electron chi connectivity index (χ0n) is 12.1. The van der Waals surface area contributed by atoms with Gasteiger partial charge in [-0.05, 0) is 30.4 Å². The highest BCUT2D eigenvalue weighted by Gasteiger charge is 2.22. The third-order valence-electron chi connectivity index (χ3n) is 3.93. The first-order valence-corrected chi connectivity index (χ1v) is 8.71. The van der Waals surface area contributed by atoms with E-state index in [1.54, 1.807) is 0 Å². The van der Waals surface area contributed by atoms with Crippen molar-refractivity contribution in [3.8, 4) is 5.75 Å². The predicted molar refractivity (Wildman–Crippen MR) is 88.8 cm³/mol. The van der Waals surface area contributed by atoms with Crippen LogP contribution in [-0.4, -0.2) is 12.4 Å². The van der Waals surface area contributed by atoms with E-state index in [0.717, 1.165) is 18.8 Å². The molecule has 1 aliphatic heterocycles. The molecular formula is C18H22OS. The molecule has 20 heavy (non-hydrogen) atoms. The van der Waals surface area contributed by atoms with Crippen LogP contribution in [-0.2, 0) is 0 Å². The van der Waals surface area contributed by atoms with Gasteiger partial charge >= 0.3 is 0 Å². The molecule has 1 nitrogen and oxygen atoms in total. The number of hydrogen-bond donors (Lipinski definition) is 0. The maximum absolute atomic E-state index is 6.19. The SMILES string of the molecule is CCCCOc1c(C2CCCS2)ccc2ccccc12. The zero-order valence-corrected chi connectivity index (χ0v) is 12.9. The Morgan fingerprint density at radius 1 is 1.20 bits per heavy atom. The predicted octanol–water partition coefficient (Wildman–Crippen LogP) is 5.59. The molecule has 0 aromatic heterocycles. The van der Waals surface area contributed by atoms with Gasteiger partial charge < -0.3 is 4.74 Å². The van der Waals surface area contributed by atoms with Crippen LogP contribution in [0.15, 0.2) is 36.4 Å². The first kappa shape index (κ1) is 13.8. The Hall–Kier alpha value is -1.15. The van der Waals surface area contributed by atoms with Gasteiger partial charge in [-0.2, -0.15) is 11.8 Å². The van der Waals surface area contributed by atoms with Crippen LogP contribution < -0.4 is 4.74 Å². The van der Waals surface area contributed by atoms with Crippen molar-refractivity contribution in [2.45, 2.75) is 37.9 Å². The fraction of sp³-hybridized carbons (Fsp3) is 0.444. The van der Waals surface area contributed by atoms with Crippen LogP contribution >= 0.6 is 11.8 Å². The second-order valence-corrected chi connectivity index (χ2v) is 6.72. The van der Waals surface area contributed by atoms with Crippen molar-refractivity contribution >= 4 is 22.5 Å². The lowest BCUT2D eigenvalue weighted by atomic mass is 10.0. The van der Waals surface area contributed by atoms with Gasteiger partial charge in [-0.15, -0.1) is 0 Å². The molecule has 0 N–H and O–H groups in total. The molecule has 2 aromatic carbocycles. The summed E-state index contributed by atoms with van der Waals surface area (Å²) < 4.78 is 6.19. The molecule has 2 aromatic rings. The highest BCUT2D eigenvalue weighted by atomic mass is 32.2. The maximum atomic E-state index is 6.19. The van der Waals surface area contributed by atoms with Crippen LogP contribution in [0, 0.1) is 0 Å². The lowest BCUT2D eigenvalue weighted by molar-refractivity contribution is 0.309. The number of thioether (sulfide) groups is 1. The summed E-state index contributed by atoms with van der Waals surface area (Å²) in [6, 6.07) is 13.1. The molecular weight excluding hydrogens is 264 g/mol. The van der Waals surface area contributed by atoms with E-state index in [-0.39, 0.29) is 0 Å². The zero-order chi connectivity index (χ0) is 13.8. The summed E-state index contributed by atoms with van der Waals surface area (Å²) in [5, 5.41) is 3.18. The summed E-state index contributed by atoms with van der Waals surface area (Å²) in [7, 11) is 0. The Kier molecular flexibility index (Phi) is 4.51. The number of unbranched alkanes of at least 4 members (excludes halogenated alkanes) is 1. The average Bonchev–Trinajstić information content (AvgIpc) is 3.01. The van der Waals surface area contributed by atoms with Crippen LogP contribution in [0.2, 0.25) is 0 Å². The smallest absolute Gasteiger partial charge is 0.131 e. The molecule has 1 aliphatic rings.